The summed E-state index contributed by atoms with van der Waals surface area (Å²) in [7, 11) is 3.40. The molecule has 2 aromatic carbocycles. The number of imidazole rings is 1. The van der Waals surface area contributed by atoms with Crippen LogP contribution in [0.1, 0.15) is 12.8 Å². The maximum absolute atomic E-state index is 12.5. The van der Waals surface area contributed by atoms with Crippen LogP contribution in [-0.4, -0.2) is 76.9 Å². The summed E-state index contributed by atoms with van der Waals surface area (Å²) in [5.41, 5.74) is 3.05. The van der Waals surface area contributed by atoms with E-state index in [0.29, 0.717) is 40.2 Å². The molecule has 0 saturated carbocycles. The summed E-state index contributed by atoms with van der Waals surface area (Å²) < 4.78 is 7.05. The number of ether oxygens (including phenoxy) is 1. The number of halogens is 2. The molecule has 0 atom stereocenters. The Hall–Kier alpha value is -3.40. The minimum atomic E-state index is -0.0870. The lowest BCUT2D eigenvalue weighted by Crippen LogP contribution is -2.49. The van der Waals surface area contributed by atoms with Crippen molar-refractivity contribution in [3.63, 3.8) is 0 Å². The van der Waals surface area contributed by atoms with E-state index >= 15 is 0 Å². The van der Waals surface area contributed by atoms with Crippen LogP contribution >= 0.6 is 23.2 Å². The maximum atomic E-state index is 12.5. The van der Waals surface area contributed by atoms with Gasteiger partial charge in [-0.05, 0) is 49.2 Å². The second-order valence-electron chi connectivity index (χ2n) is 9.22. The van der Waals surface area contributed by atoms with Crippen molar-refractivity contribution < 1.29 is 9.53 Å². The first-order valence-electron chi connectivity index (χ1n) is 12.5. The lowest BCUT2D eigenvalue weighted by atomic mass is 10.1. The largest absolute Gasteiger partial charge is 0.383 e. The first kappa shape index (κ1) is 26.2. The standard InChI is InChI=1S/C27H29Cl2N7O2/c1-34(15-16-38-2)27(37)32-19-11-13-35(14-12-19)25-23-26(31-17-30-25)36(20-9-7-18(28)8-10-20)24(33-23)21-5-3-4-6-22(21)29/h3-10,17,19H,11-16H2,1-2H3,(H,32,37). The number of amides is 2. The number of carbonyl (C=O) groups is 1. The van der Waals surface area contributed by atoms with E-state index in [1.54, 1.807) is 25.4 Å². The predicted molar refractivity (Wildman–Crippen MR) is 150 cm³/mol. The summed E-state index contributed by atoms with van der Waals surface area (Å²) in [4.78, 5) is 30.6. The number of rotatable bonds is 7. The van der Waals surface area contributed by atoms with E-state index in [1.807, 2.05) is 53.1 Å². The Balaban J connectivity index is 1.45. The van der Waals surface area contributed by atoms with Crippen LogP contribution in [0, 0.1) is 0 Å². The fourth-order valence-electron chi connectivity index (χ4n) is 4.62. The normalized spacial score (nSPS) is 14.2. The third kappa shape index (κ3) is 5.41. The molecule has 2 aromatic heterocycles. The van der Waals surface area contributed by atoms with Crippen molar-refractivity contribution in [1.82, 2.24) is 29.7 Å². The number of piperidine rings is 1. The van der Waals surface area contributed by atoms with Gasteiger partial charge in [-0.3, -0.25) is 4.57 Å². The van der Waals surface area contributed by atoms with Gasteiger partial charge in [0.25, 0.3) is 0 Å². The average molecular weight is 554 g/mol. The van der Waals surface area contributed by atoms with Crippen LogP contribution in [0.15, 0.2) is 54.9 Å². The third-order valence-electron chi connectivity index (χ3n) is 6.72. The van der Waals surface area contributed by atoms with Crippen molar-refractivity contribution in [2.45, 2.75) is 18.9 Å². The summed E-state index contributed by atoms with van der Waals surface area (Å²) >= 11 is 12.8. The van der Waals surface area contributed by atoms with Crippen molar-refractivity contribution in [2.24, 2.45) is 0 Å². The summed E-state index contributed by atoms with van der Waals surface area (Å²) in [6, 6.07) is 15.2. The number of nitrogens with zero attached hydrogens (tertiary/aromatic N) is 6. The van der Waals surface area contributed by atoms with E-state index in [1.165, 1.54) is 0 Å². The number of methoxy groups -OCH3 is 1. The van der Waals surface area contributed by atoms with E-state index < -0.39 is 0 Å². The number of fused-ring (bicyclic) bond motifs is 1. The number of urea groups is 1. The highest BCUT2D eigenvalue weighted by Crippen LogP contribution is 2.35. The lowest BCUT2D eigenvalue weighted by Gasteiger charge is -2.33. The molecule has 4 aromatic rings. The Morgan fingerprint density at radius 2 is 1.84 bits per heavy atom. The number of anilines is 1. The fourth-order valence-corrected chi connectivity index (χ4v) is 4.97. The molecule has 5 rings (SSSR count). The minimum absolute atomic E-state index is 0.0870. The molecule has 11 heteroatoms. The van der Waals surface area contributed by atoms with Crippen molar-refractivity contribution in [1.29, 1.82) is 0 Å². The number of nitrogens with one attached hydrogen (secondary N) is 1. The lowest BCUT2D eigenvalue weighted by molar-refractivity contribution is 0.157. The van der Waals surface area contributed by atoms with Crippen LogP contribution in [0.5, 0.6) is 0 Å². The number of carbonyl (C=O) groups excluding carboxylic acids is 1. The van der Waals surface area contributed by atoms with Crippen molar-refractivity contribution in [3.8, 4) is 17.1 Å². The molecule has 3 heterocycles. The van der Waals surface area contributed by atoms with E-state index in [2.05, 4.69) is 20.2 Å². The second-order valence-corrected chi connectivity index (χ2v) is 10.1. The van der Waals surface area contributed by atoms with Gasteiger partial charge < -0.3 is 19.9 Å². The Bertz CT molecular complexity index is 1420. The summed E-state index contributed by atoms with van der Waals surface area (Å²) in [6.45, 7) is 2.51. The quantitative estimate of drug-likeness (QED) is 0.344. The van der Waals surface area contributed by atoms with Gasteiger partial charge in [0.05, 0.1) is 11.6 Å². The van der Waals surface area contributed by atoms with Gasteiger partial charge in [-0.1, -0.05) is 35.3 Å². The number of hydrogen-bond donors (Lipinski definition) is 1. The smallest absolute Gasteiger partial charge is 0.317 e. The zero-order valence-electron chi connectivity index (χ0n) is 21.3. The number of aromatic nitrogens is 4. The van der Waals surface area contributed by atoms with Crippen LogP contribution in [0.3, 0.4) is 0 Å². The highest BCUT2D eigenvalue weighted by molar-refractivity contribution is 6.33. The van der Waals surface area contributed by atoms with Crippen LogP contribution < -0.4 is 10.2 Å². The number of likely N-dealkylation sites (N-methyl/N-ethyl adjacent to an activating group) is 1. The Labute approximate surface area is 231 Å². The summed E-state index contributed by atoms with van der Waals surface area (Å²) in [5, 5.41) is 4.37. The fraction of sp³-hybridized carbons (Fsp3) is 0.333. The van der Waals surface area contributed by atoms with Gasteiger partial charge in [0.1, 0.15) is 12.2 Å². The predicted octanol–water partition coefficient (Wildman–Crippen LogP) is 5.05. The Kier molecular flexibility index (Phi) is 7.97. The first-order chi connectivity index (χ1) is 18.5. The highest BCUT2D eigenvalue weighted by Gasteiger charge is 2.27. The van der Waals surface area contributed by atoms with E-state index in [-0.39, 0.29) is 12.1 Å². The Morgan fingerprint density at radius 3 is 2.55 bits per heavy atom. The molecule has 0 bridgehead atoms. The van der Waals surface area contributed by atoms with Gasteiger partial charge in [0.2, 0.25) is 0 Å². The average Bonchev–Trinajstić information content (AvgIpc) is 3.32. The number of benzene rings is 2. The van der Waals surface area contributed by atoms with Crippen molar-refractivity contribution in [2.75, 3.05) is 45.3 Å². The molecule has 2 amide bonds. The van der Waals surface area contributed by atoms with Gasteiger partial charge in [0.15, 0.2) is 17.0 Å². The third-order valence-corrected chi connectivity index (χ3v) is 7.31. The van der Waals surface area contributed by atoms with Gasteiger partial charge in [-0.15, -0.1) is 0 Å². The molecule has 1 aliphatic rings. The maximum Gasteiger partial charge on any atom is 0.317 e. The molecule has 1 aliphatic heterocycles. The van der Waals surface area contributed by atoms with Crippen LogP contribution in [0.25, 0.3) is 28.2 Å². The second kappa shape index (κ2) is 11.6. The zero-order valence-corrected chi connectivity index (χ0v) is 22.8. The summed E-state index contributed by atoms with van der Waals surface area (Å²) in [5.74, 6) is 1.44. The van der Waals surface area contributed by atoms with Crippen LogP contribution in [0.2, 0.25) is 10.0 Å². The van der Waals surface area contributed by atoms with Crippen molar-refractivity contribution >= 4 is 46.2 Å². The molecule has 198 valence electrons. The van der Waals surface area contributed by atoms with Gasteiger partial charge >= 0.3 is 6.03 Å². The molecule has 9 nitrogen and oxygen atoms in total. The molecule has 1 saturated heterocycles. The molecule has 0 aliphatic carbocycles. The van der Waals surface area contributed by atoms with E-state index in [9.17, 15) is 4.79 Å². The first-order valence-corrected chi connectivity index (χ1v) is 13.2. The van der Waals surface area contributed by atoms with Crippen LogP contribution in [0.4, 0.5) is 10.6 Å². The van der Waals surface area contributed by atoms with Crippen molar-refractivity contribution in [3.05, 3.63) is 64.9 Å². The SMILES string of the molecule is COCCN(C)C(=O)NC1CCN(c2ncnc3c2nc(-c2ccccc2Cl)n3-c2ccc(Cl)cc2)CC1. The topological polar surface area (TPSA) is 88.4 Å². The van der Waals surface area contributed by atoms with Gasteiger partial charge in [0, 0.05) is 56.1 Å². The Morgan fingerprint density at radius 1 is 1.11 bits per heavy atom. The molecular weight excluding hydrogens is 525 g/mol. The minimum Gasteiger partial charge on any atom is -0.383 e. The zero-order chi connectivity index (χ0) is 26.6. The highest BCUT2D eigenvalue weighted by atomic mass is 35.5. The molecule has 38 heavy (non-hydrogen) atoms. The molecule has 0 spiro atoms. The molecular formula is C27H29Cl2N7O2. The monoisotopic (exact) mass is 553 g/mol. The van der Waals surface area contributed by atoms with Gasteiger partial charge in [-0.2, -0.15) is 0 Å². The van der Waals surface area contributed by atoms with E-state index in [4.69, 9.17) is 32.9 Å². The summed E-state index contributed by atoms with van der Waals surface area (Å²) in [6.07, 6.45) is 3.16. The molecule has 1 N–H and O–H groups in total. The molecule has 1 fully saturated rings. The van der Waals surface area contributed by atoms with Gasteiger partial charge in [-0.25, -0.2) is 19.7 Å². The van der Waals surface area contributed by atoms with Crippen LogP contribution in [-0.2, 0) is 4.74 Å². The van der Waals surface area contributed by atoms with E-state index in [0.717, 1.165) is 43.0 Å². The number of hydrogen-bond acceptors (Lipinski definition) is 6. The molecule has 0 unspecified atom stereocenters. The molecule has 0 radical (unpaired) electrons.